The normalized spacial score (nSPS) is 10.5. The van der Waals surface area contributed by atoms with Crippen LogP contribution in [0.3, 0.4) is 0 Å². The van der Waals surface area contributed by atoms with Gasteiger partial charge in [0.15, 0.2) is 0 Å². The van der Waals surface area contributed by atoms with Crippen LogP contribution in [0.1, 0.15) is 25.8 Å². The van der Waals surface area contributed by atoms with Gasteiger partial charge in [0.05, 0.1) is 6.10 Å². The van der Waals surface area contributed by atoms with E-state index in [9.17, 15) is 4.79 Å². The van der Waals surface area contributed by atoms with E-state index in [-0.39, 0.29) is 12.0 Å². The van der Waals surface area contributed by atoms with Gasteiger partial charge < -0.3 is 15.8 Å². The van der Waals surface area contributed by atoms with Gasteiger partial charge >= 0.3 is 0 Å². The van der Waals surface area contributed by atoms with E-state index in [4.69, 9.17) is 10.5 Å². The van der Waals surface area contributed by atoms with Gasteiger partial charge in [-0.25, -0.2) is 0 Å². The minimum Gasteiger partial charge on any atom is -0.491 e. The van der Waals surface area contributed by atoms with Crippen molar-refractivity contribution in [1.29, 1.82) is 0 Å². The van der Waals surface area contributed by atoms with Crippen molar-refractivity contribution in [1.82, 2.24) is 0 Å². The lowest BCUT2D eigenvalue weighted by atomic mass is 10.1. The molecule has 0 aromatic heterocycles. The number of aryl methyl sites for hydroxylation is 1. The molecule has 0 aliphatic heterocycles. The Morgan fingerprint density at radius 2 is 1.95 bits per heavy atom. The third-order valence-corrected chi connectivity index (χ3v) is 3.08. The van der Waals surface area contributed by atoms with Gasteiger partial charge in [-0.3, -0.25) is 4.79 Å². The Bertz CT molecular complexity index is 638. The van der Waals surface area contributed by atoms with Crippen LogP contribution in [0.4, 0.5) is 11.4 Å². The second-order valence-corrected chi connectivity index (χ2v) is 5.49. The fourth-order valence-corrected chi connectivity index (χ4v) is 2.15. The fourth-order valence-electron chi connectivity index (χ4n) is 2.15. The zero-order valence-corrected chi connectivity index (χ0v) is 13.0. The number of carbonyl (C=O) groups excluding carboxylic acids is 1. The lowest BCUT2D eigenvalue weighted by Crippen LogP contribution is -2.12. The van der Waals surface area contributed by atoms with Crippen molar-refractivity contribution in [2.24, 2.45) is 0 Å². The highest BCUT2D eigenvalue weighted by Crippen LogP contribution is 2.19. The Hall–Kier alpha value is -2.49. The molecule has 0 saturated heterocycles. The molecule has 2 rings (SSSR count). The van der Waals surface area contributed by atoms with Crippen LogP contribution >= 0.6 is 0 Å². The smallest absolute Gasteiger partial charge is 0.224 e. The molecule has 2 aromatic carbocycles. The molecule has 0 heterocycles. The highest BCUT2D eigenvalue weighted by Gasteiger charge is 2.05. The predicted octanol–water partition coefficient (Wildman–Crippen LogP) is 3.63. The SMILES string of the molecule is CC(C)Oc1cccc(NC(=O)CCc2cccc(N)c2)c1. The largest absolute Gasteiger partial charge is 0.491 e. The summed E-state index contributed by atoms with van der Waals surface area (Å²) in [7, 11) is 0. The Balaban J connectivity index is 1.89. The minimum absolute atomic E-state index is 0.0240. The highest BCUT2D eigenvalue weighted by atomic mass is 16.5. The van der Waals surface area contributed by atoms with Crippen molar-refractivity contribution >= 4 is 17.3 Å². The van der Waals surface area contributed by atoms with Crippen LogP contribution in [0.15, 0.2) is 48.5 Å². The molecule has 4 nitrogen and oxygen atoms in total. The molecule has 0 saturated carbocycles. The van der Waals surface area contributed by atoms with Crippen LogP contribution in [0.5, 0.6) is 5.75 Å². The number of nitrogen functional groups attached to an aromatic ring is 1. The summed E-state index contributed by atoms with van der Waals surface area (Å²) in [4.78, 5) is 12.0. The number of nitrogens with one attached hydrogen (secondary N) is 1. The number of rotatable bonds is 6. The van der Waals surface area contributed by atoms with E-state index in [1.165, 1.54) is 0 Å². The second kappa shape index (κ2) is 7.50. The van der Waals surface area contributed by atoms with E-state index in [1.54, 1.807) is 0 Å². The van der Waals surface area contributed by atoms with E-state index < -0.39 is 0 Å². The number of hydrogen-bond donors (Lipinski definition) is 2. The summed E-state index contributed by atoms with van der Waals surface area (Å²) in [6.45, 7) is 3.94. The van der Waals surface area contributed by atoms with Gasteiger partial charge in [-0.15, -0.1) is 0 Å². The number of amides is 1. The van der Waals surface area contributed by atoms with Crippen molar-refractivity contribution in [3.8, 4) is 5.75 Å². The van der Waals surface area contributed by atoms with Gasteiger partial charge in [0.2, 0.25) is 5.91 Å². The summed E-state index contributed by atoms with van der Waals surface area (Å²) in [5, 5.41) is 2.89. The van der Waals surface area contributed by atoms with Crippen molar-refractivity contribution in [3.63, 3.8) is 0 Å². The topological polar surface area (TPSA) is 64.3 Å². The molecular formula is C18H22N2O2. The molecule has 0 aliphatic rings. The molecule has 0 aliphatic carbocycles. The first-order valence-electron chi connectivity index (χ1n) is 7.44. The molecule has 1 amide bonds. The maximum Gasteiger partial charge on any atom is 0.224 e. The number of anilines is 2. The van der Waals surface area contributed by atoms with E-state index >= 15 is 0 Å². The number of benzene rings is 2. The van der Waals surface area contributed by atoms with Crippen molar-refractivity contribution in [2.75, 3.05) is 11.1 Å². The Morgan fingerprint density at radius 3 is 2.68 bits per heavy atom. The van der Waals surface area contributed by atoms with Crippen molar-refractivity contribution < 1.29 is 9.53 Å². The molecule has 0 radical (unpaired) electrons. The molecular weight excluding hydrogens is 276 g/mol. The molecule has 0 bridgehead atoms. The number of carbonyl (C=O) groups is 1. The van der Waals surface area contributed by atoms with Crippen LogP contribution in [0.2, 0.25) is 0 Å². The molecule has 22 heavy (non-hydrogen) atoms. The van der Waals surface area contributed by atoms with E-state index in [0.717, 1.165) is 22.7 Å². The van der Waals surface area contributed by atoms with Crippen LogP contribution in [-0.4, -0.2) is 12.0 Å². The first-order chi connectivity index (χ1) is 10.5. The van der Waals surface area contributed by atoms with E-state index in [2.05, 4.69) is 5.32 Å². The third kappa shape index (κ3) is 5.13. The maximum atomic E-state index is 12.0. The van der Waals surface area contributed by atoms with Gasteiger partial charge in [0, 0.05) is 23.9 Å². The molecule has 0 atom stereocenters. The lowest BCUT2D eigenvalue weighted by Gasteiger charge is -2.11. The summed E-state index contributed by atoms with van der Waals surface area (Å²) >= 11 is 0. The summed E-state index contributed by atoms with van der Waals surface area (Å²) in [6, 6.07) is 15.0. The van der Waals surface area contributed by atoms with Gasteiger partial charge in [-0.2, -0.15) is 0 Å². The monoisotopic (exact) mass is 298 g/mol. The molecule has 116 valence electrons. The number of hydrogen-bond acceptors (Lipinski definition) is 3. The van der Waals surface area contributed by atoms with E-state index in [0.29, 0.717) is 12.8 Å². The Morgan fingerprint density at radius 1 is 1.18 bits per heavy atom. The summed E-state index contributed by atoms with van der Waals surface area (Å²) in [6.07, 6.45) is 1.19. The fraction of sp³-hybridized carbons (Fsp3) is 0.278. The number of nitrogens with two attached hydrogens (primary N) is 1. The zero-order valence-electron chi connectivity index (χ0n) is 13.0. The summed E-state index contributed by atoms with van der Waals surface area (Å²) in [5.74, 6) is 0.729. The number of ether oxygens (including phenoxy) is 1. The Kier molecular flexibility index (Phi) is 5.42. The van der Waals surface area contributed by atoms with Crippen LogP contribution < -0.4 is 15.8 Å². The minimum atomic E-state index is -0.0240. The highest BCUT2D eigenvalue weighted by molar-refractivity contribution is 5.91. The van der Waals surface area contributed by atoms with Gasteiger partial charge in [0.1, 0.15) is 5.75 Å². The molecule has 2 aromatic rings. The van der Waals surface area contributed by atoms with Crippen molar-refractivity contribution in [3.05, 3.63) is 54.1 Å². The average molecular weight is 298 g/mol. The maximum absolute atomic E-state index is 12.0. The van der Waals surface area contributed by atoms with Gasteiger partial charge in [-0.05, 0) is 50.1 Å². The van der Waals surface area contributed by atoms with Crippen LogP contribution in [0, 0.1) is 0 Å². The zero-order chi connectivity index (χ0) is 15.9. The predicted molar refractivity (Wildman–Crippen MR) is 90.0 cm³/mol. The van der Waals surface area contributed by atoms with Gasteiger partial charge in [-0.1, -0.05) is 18.2 Å². The van der Waals surface area contributed by atoms with Gasteiger partial charge in [0.25, 0.3) is 0 Å². The van der Waals surface area contributed by atoms with Crippen LogP contribution in [0.25, 0.3) is 0 Å². The first-order valence-corrected chi connectivity index (χ1v) is 7.44. The average Bonchev–Trinajstić information content (AvgIpc) is 2.45. The molecule has 4 heteroatoms. The second-order valence-electron chi connectivity index (χ2n) is 5.49. The molecule has 3 N–H and O–H groups in total. The summed E-state index contributed by atoms with van der Waals surface area (Å²) in [5.41, 5.74) is 8.26. The third-order valence-electron chi connectivity index (χ3n) is 3.08. The molecule has 0 unspecified atom stereocenters. The first kappa shape index (κ1) is 15.9. The quantitative estimate of drug-likeness (QED) is 0.800. The van der Waals surface area contributed by atoms with Crippen molar-refractivity contribution in [2.45, 2.75) is 32.8 Å². The lowest BCUT2D eigenvalue weighted by molar-refractivity contribution is -0.116. The standard InChI is InChI=1S/C18H22N2O2/c1-13(2)22-17-8-4-7-16(12-17)20-18(21)10-9-14-5-3-6-15(19)11-14/h3-8,11-13H,9-10,19H2,1-2H3,(H,20,21). The van der Waals surface area contributed by atoms with Crippen LogP contribution in [-0.2, 0) is 11.2 Å². The summed E-state index contributed by atoms with van der Waals surface area (Å²) < 4.78 is 5.61. The van der Waals surface area contributed by atoms with E-state index in [1.807, 2.05) is 62.4 Å². The molecule has 0 spiro atoms. The molecule has 0 fully saturated rings. The Labute approximate surface area is 131 Å².